The first kappa shape index (κ1) is 8.83. The van der Waals surface area contributed by atoms with E-state index in [4.69, 9.17) is 4.79 Å². The van der Waals surface area contributed by atoms with Crippen LogP contribution in [0.2, 0.25) is 0 Å². The molecule has 4 heavy (non-hydrogen) atoms. The summed E-state index contributed by atoms with van der Waals surface area (Å²) in [6.45, 7) is 0. The molecule has 0 unspecified atom stereocenters. The molecule has 0 rings (SSSR count). The zero-order valence-electron chi connectivity index (χ0n) is 1.70. The van der Waals surface area contributed by atoms with Crippen LogP contribution in [0.25, 0.3) is 0 Å². The van der Waals surface area contributed by atoms with Gasteiger partial charge in [0.2, 0.25) is 0 Å². The Balaban J connectivity index is 0. The average molecular weight is 143 g/mol. The van der Waals surface area contributed by atoms with Crippen molar-refractivity contribution in [2.24, 2.45) is 0 Å². The maximum atomic E-state index is 8.72. The quantitative estimate of drug-likeness (QED) is 0.336. The fourth-order valence-corrected chi connectivity index (χ4v) is 0. The molecule has 0 atom stereocenters. The molecule has 3 heteroatoms. The molecule has 0 aromatic heterocycles. The average Bonchev–Trinajstić information content (AvgIpc) is 0.918. The summed E-state index contributed by atoms with van der Waals surface area (Å²) < 4.78 is 0. The van der Waals surface area contributed by atoms with E-state index >= 15 is 0 Å². The second-order valence-corrected chi connectivity index (χ2v) is 0.367. The third-order valence-corrected chi connectivity index (χ3v) is 0. The molecule has 0 aromatic rings. The molecule has 27 valence electrons. The van der Waals surface area contributed by atoms with E-state index < -0.39 is 0 Å². The molecule has 0 fully saturated rings. The summed E-state index contributed by atoms with van der Waals surface area (Å²) in [5, 5.41) is 0.562. The van der Waals surface area contributed by atoms with Crippen molar-refractivity contribution in [1.82, 2.24) is 0 Å². The van der Waals surface area contributed by atoms with Gasteiger partial charge in [-0.25, -0.2) is 0 Å². The van der Waals surface area contributed by atoms with Gasteiger partial charge in [-0.05, 0) is 0 Å². The molecule has 0 amide bonds. The van der Waals surface area contributed by atoms with Gasteiger partial charge in [0.25, 0.3) is 0 Å². The molecule has 0 aliphatic carbocycles. The third kappa shape index (κ3) is 16.0. The predicted octanol–water partition coefficient (Wildman–Crippen LogP) is -0.279. The van der Waals surface area contributed by atoms with Crippen LogP contribution in [0, 0.1) is 0 Å². The van der Waals surface area contributed by atoms with E-state index in [0.29, 0.717) is 5.18 Å². The Morgan fingerprint density at radius 1 is 1.75 bits per heavy atom. The summed E-state index contributed by atoms with van der Waals surface area (Å²) in [4.78, 5) is 8.72. The minimum Gasteiger partial charge on any atom is 0 e. The molecule has 0 bridgehead atoms. The van der Waals surface area contributed by atoms with Crippen molar-refractivity contribution in [2.45, 2.75) is 0 Å². The van der Waals surface area contributed by atoms with Gasteiger partial charge in [0, 0.05) is 16.8 Å². The van der Waals surface area contributed by atoms with Gasteiger partial charge in [0.05, 0.1) is 0 Å². The number of rotatable bonds is 0. The zero-order chi connectivity index (χ0) is 2.71. The van der Waals surface area contributed by atoms with E-state index in [-0.39, 0.29) is 16.8 Å². The normalized spacial score (nSPS) is 3.25. The standard InChI is InChI=1S/CHO.Co.Mn/c1-2;;/h1H;;. The van der Waals surface area contributed by atoms with E-state index in [2.05, 4.69) is 16.0 Å². The Hall–Kier alpha value is 0.696. The first-order valence-electron chi connectivity index (χ1n) is 0.454. The first-order chi connectivity index (χ1) is 1.41. The van der Waals surface area contributed by atoms with Gasteiger partial charge >= 0.3 is 26.0 Å². The second kappa shape index (κ2) is 9.34. The fourth-order valence-electron chi connectivity index (χ4n) is 0. The van der Waals surface area contributed by atoms with Crippen LogP contribution in [0.1, 0.15) is 0 Å². The van der Waals surface area contributed by atoms with Crippen molar-refractivity contribution in [3.8, 4) is 0 Å². The summed E-state index contributed by atoms with van der Waals surface area (Å²) in [6, 6.07) is 0. The van der Waals surface area contributed by atoms with Gasteiger partial charge in [-0.2, -0.15) is 0 Å². The van der Waals surface area contributed by atoms with Crippen LogP contribution in [0.3, 0.4) is 0 Å². The van der Waals surface area contributed by atoms with E-state index in [9.17, 15) is 0 Å². The zero-order valence-corrected chi connectivity index (χ0v) is 3.92. The molecule has 1 nitrogen and oxygen atoms in total. The number of carbonyl (C=O) groups excluding carboxylic acids is 1. The van der Waals surface area contributed by atoms with Gasteiger partial charge in [0.15, 0.2) is 0 Å². The van der Waals surface area contributed by atoms with Gasteiger partial charge in [-0.1, -0.05) is 0 Å². The molecule has 0 N–H and O–H groups in total. The van der Waals surface area contributed by atoms with E-state index in [1.54, 1.807) is 0 Å². The summed E-state index contributed by atoms with van der Waals surface area (Å²) in [5.41, 5.74) is 0. The monoisotopic (exact) mass is 143 g/mol. The van der Waals surface area contributed by atoms with Crippen molar-refractivity contribution < 1.29 is 37.6 Å². The Kier molecular flexibility index (Phi) is 20.6. The number of hydrogen-bond acceptors (Lipinski definition) is 1. The number of hydrogen-bond donors (Lipinski definition) is 0. The van der Waals surface area contributed by atoms with Crippen LogP contribution < -0.4 is 0 Å². The van der Waals surface area contributed by atoms with Crippen LogP contribution in [0.15, 0.2) is 0 Å². The molecule has 0 spiro atoms. The topological polar surface area (TPSA) is 17.1 Å². The van der Waals surface area contributed by atoms with Gasteiger partial charge in [-0.3, -0.25) is 0 Å². The summed E-state index contributed by atoms with van der Waals surface area (Å²) >= 11 is 2.47. The van der Waals surface area contributed by atoms with Crippen LogP contribution in [-0.2, 0) is 37.6 Å². The molecule has 0 heterocycles. The minimum atomic E-state index is 0. The molecule has 1 radical (unpaired) electrons. The fraction of sp³-hybridized carbons (Fsp3) is 0. The Labute approximate surface area is 43.2 Å². The second-order valence-electron chi connectivity index (χ2n) is 0.0891. The van der Waals surface area contributed by atoms with Crippen LogP contribution in [0.4, 0.5) is 0 Å². The van der Waals surface area contributed by atoms with Crippen molar-refractivity contribution >= 4 is 5.18 Å². The molecular weight excluding hydrogens is 142 g/mol. The molecule has 0 aliphatic rings. The predicted molar refractivity (Wildman–Crippen MR) is 6.75 cm³/mol. The van der Waals surface area contributed by atoms with Crippen molar-refractivity contribution in [1.29, 1.82) is 0 Å². The third-order valence-electron chi connectivity index (χ3n) is 0. The molecule has 0 aliphatic heterocycles. The van der Waals surface area contributed by atoms with Crippen molar-refractivity contribution in [2.75, 3.05) is 0 Å². The first-order valence-corrected chi connectivity index (χ1v) is 1.14. The van der Waals surface area contributed by atoms with Gasteiger partial charge in [0.1, 0.15) is 0 Å². The summed E-state index contributed by atoms with van der Waals surface area (Å²) in [7, 11) is 0. The van der Waals surface area contributed by atoms with Crippen molar-refractivity contribution in [3.05, 3.63) is 0 Å². The molecular formula is CHCoMnO. The Morgan fingerprint density at radius 2 is 1.75 bits per heavy atom. The van der Waals surface area contributed by atoms with Crippen LogP contribution >= 0.6 is 0 Å². The van der Waals surface area contributed by atoms with Crippen molar-refractivity contribution in [3.63, 3.8) is 0 Å². The van der Waals surface area contributed by atoms with E-state index in [1.165, 1.54) is 0 Å². The maximum Gasteiger partial charge on any atom is 0 e. The number of carbonyl (C=O) groups is 1. The van der Waals surface area contributed by atoms with Crippen LogP contribution in [0.5, 0.6) is 0 Å². The maximum absolute atomic E-state index is 8.72. The molecule has 0 saturated heterocycles. The summed E-state index contributed by atoms with van der Waals surface area (Å²) in [6.07, 6.45) is 0. The van der Waals surface area contributed by atoms with Crippen LogP contribution in [-0.4, -0.2) is 5.18 Å². The minimum absolute atomic E-state index is 0. The van der Waals surface area contributed by atoms with Gasteiger partial charge < -0.3 is 0 Å². The van der Waals surface area contributed by atoms with E-state index in [0.717, 1.165) is 0 Å². The smallest absolute Gasteiger partial charge is 0 e. The molecule has 0 saturated carbocycles. The van der Waals surface area contributed by atoms with E-state index in [1.807, 2.05) is 0 Å². The molecule has 0 aromatic carbocycles. The largest absolute Gasteiger partial charge is 0 e. The Morgan fingerprint density at radius 3 is 1.75 bits per heavy atom. The Bertz CT molecular complexity index is 15.5. The summed E-state index contributed by atoms with van der Waals surface area (Å²) in [5.74, 6) is 0. The SMILES string of the molecule is O=[CH][Mn].[Co]. The van der Waals surface area contributed by atoms with Gasteiger partial charge in [-0.15, -0.1) is 0 Å².